The van der Waals surface area contributed by atoms with Gasteiger partial charge in [0.1, 0.15) is 6.61 Å². The van der Waals surface area contributed by atoms with E-state index in [2.05, 4.69) is 19.2 Å². The molecule has 0 aromatic carbocycles. The molecule has 1 amide bonds. The minimum atomic E-state index is -0.280. The number of hydrogen-bond acceptors (Lipinski definition) is 3. The molecule has 1 saturated carbocycles. The van der Waals surface area contributed by atoms with Crippen LogP contribution >= 0.6 is 0 Å². The number of carbonyl (C=O) groups is 1. The third-order valence-electron chi connectivity index (χ3n) is 4.96. The smallest absolute Gasteiger partial charge is 0.246 e. The lowest BCUT2D eigenvalue weighted by atomic mass is 9.77. The number of carbonyl (C=O) groups excluding carboxylic acids is 1. The molecular formula is C17H34N2O2. The number of ether oxygens (including phenoxy) is 1. The number of nitrogens with two attached hydrogens (primary N) is 1. The maximum absolute atomic E-state index is 12.0. The highest BCUT2D eigenvalue weighted by Crippen LogP contribution is 2.36. The number of amides is 1. The highest BCUT2D eigenvalue weighted by Gasteiger charge is 2.35. The van der Waals surface area contributed by atoms with Gasteiger partial charge in [0.2, 0.25) is 5.91 Å². The summed E-state index contributed by atoms with van der Waals surface area (Å²) < 4.78 is 5.96. The molecule has 0 bridgehead atoms. The van der Waals surface area contributed by atoms with Gasteiger partial charge in [-0.15, -0.1) is 0 Å². The van der Waals surface area contributed by atoms with Crippen molar-refractivity contribution in [2.75, 3.05) is 13.2 Å². The number of rotatable bonds is 8. The first kappa shape index (κ1) is 18.4. The topological polar surface area (TPSA) is 64.3 Å². The monoisotopic (exact) mass is 298 g/mol. The molecule has 21 heavy (non-hydrogen) atoms. The van der Waals surface area contributed by atoms with Crippen LogP contribution in [0, 0.1) is 5.92 Å². The van der Waals surface area contributed by atoms with Crippen molar-refractivity contribution in [3.8, 4) is 0 Å². The summed E-state index contributed by atoms with van der Waals surface area (Å²) in [4.78, 5) is 12.0. The molecule has 4 nitrogen and oxygen atoms in total. The van der Waals surface area contributed by atoms with Gasteiger partial charge < -0.3 is 15.8 Å². The van der Waals surface area contributed by atoms with Crippen molar-refractivity contribution in [1.82, 2.24) is 5.32 Å². The third-order valence-corrected chi connectivity index (χ3v) is 4.96. The van der Waals surface area contributed by atoms with Crippen molar-refractivity contribution in [2.45, 2.75) is 83.8 Å². The van der Waals surface area contributed by atoms with Crippen LogP contribution in [-0.2, 0) is 9.53 Å². The Hall–Kier alpha value is -0.610. The van der Waals surface area contributed by atoms with Crippen molar-refractivity contribution in [3.63, 3.8) is 0 Å². The van der Waals surface area contributed by atoms with E-state index in [1.807, 2.05) is 13.8 Å². The van der Waals surface area contributed by atoms with Crippen molar-refractivity contribution in [3.05, 3.63) is 0 Å². The van der Waals surface area contributed by atoms with Crippen LogP contribution in [0.5, 0.6) is 0 Å². The van der Waals surface area contributed by atoms with E-state index in [1.54, 1.807) is 0 Å². The molecule has 1 fully saturated rings. The van der Waals surface area contributed by atoms with Gasteiger partial charge in [-0.2, -0.15) is 0 Å². The third kappa shape index (κ3) is 5.95. The molecule has 0 aromatic heterocycles. The molecule has 3 N–H and O–H groups in total. The molecule has 0 radical (unpaired) electrons. The van der Waals surface area contributed by atoms with Gasteiger partial charge in [-0.25, -0.2) is 0 Å². The summed E-state index contributed by atoms with van der Waals surface area (Å²) >= 11 is 0. The van der Waals surface area contributed by atoms with Gasteiger partial charge in [0.05, 0.1) is 5.60 Å². The van der Waals surface area contributed by atoms with E-state index in [1.165, 1.54) is 25.7 Å². The minimum absolute atomic E-state index is 0.0367. The molecule has 0 heterocycles. The predicted molar refractivity (Wildman–Crippen MR) is 87.1 cm³/mol. The van der Waals surface area contributed by atoms with E-state index in [0.29, 0.717) is 6.54 Å². The van der Waals surface area contributed by atoms with E-state index in [-0.39, 0.29) is 23.7 Å². The Bertz CT molecular complexity index is 321. The van der Waals surface area contributed by atoms with Gasteiger partial charge in [0.15, 0.2) is 0 Å². The molecule has 0 aromatic rings. The maximum Gasteiger partial charge on any atom is 0.246 e. The summed E-state index contributed by atoms with van der Waals surface area (Å²) in [7, 11) is 0. The quantitative estimate of drug-likeness (QED) is 0.724. The summed E-state index contributed by atoms with van der Waals surface area (Å²) in [6.07, 6.45) is 7.76. The van der Waals surface area contributed by atoms with Gasteiger partial charge in [-0.05, 0) is 51.9 Å². The summed E-state index contributed by atoms with van der Waals surface area (Å²) in [6, 6.07) is 0. The van der Waals surface area contributed by atoms with Crippen LogP contribution < -0.4 is 11.1 Å². The van der Waals surface area contributed by atoms with Crippen LogP contribution in [-0.4, -0.2) is 30.2 Å². The zero-order chi connectivity index (χ0) is 15.9. The fourth-order valence-corrected chi connectivity index (χ4v) is 3.03. The molecule has 1 aliphatic rings. The van der Waals surface area contributed by atoms with Crippen LogP contribution in [0.25, 0.3) is 0 Å². The van der Waals surface area contributed by atoms with Gasteiger partial charge in [-0.3, -0.25) is 4.79 Å². The lowest BCUT2D eigenvalue weighted by Gasteiger charge is -2.39. The first-order chi connectivity index (χ1) is 9.86. The van der Waals surface area contributed by atoms with Gasteiger partial charge >= 0.3 is 0 Å². The maximum atomic E-state index is 12.0. The summed E-state index contributed by atoms with van der Waals surface area (Å²) in [5.41, 5.74) is 5.49. The number of nitrogens with one attached hydrogen (secondary N) is 1. The summed E-state index contributed by atoms with van der Waals surface area (Å²) in [5.74, 6) is 0.775. The van der Waals surface area contributed by atoms with Crippen LogP contribution in [0.3, 0.4) is 0 Å². The zero-order valence-electron chi connectivity index (χ0n) is 14.3. The molecule has 0 unspecified atom stereocenters. The van der Waals surface area contributed by atoms with Crippen LogP contribution in [0.15, 0.2) is 0 Å². The van der Waals surface area contributed by atoms with Crippen molar-refractivity contribution in [2.24, 2.45) is 11.7 Å². The van der Waals surface area contributed by atoms with Gasteiger partial charge in [0, 0.05) is 12.1 Å². The molecule has 124 valence electrons. The summed E-state index contributed by atoms with van der Waals surface area (Å²) in [6.45, 7) is 8.99. The lowest BCUT2D eigenvalue weighted by Crippen LogP contribution is -2.49. The molecule has 1 aliphatic carbocycles. The van der Waals surface area contributed by atoms with Gasteiger partial charge in [0.25, 0.3) is 0 Å². The van der Waals surface area contributed by atoms with Crippen molar-refractivity contribution >= 4 is 5.91 Å². The minimum Gasteiger partial charge on any atom is -0.364 e. The van der Waals surface area contributed by atoms with Crippen molar-refractivity contribution in [1.29, 1.82) is 0 Å². The Labute approximate surface area is 130 Å². The second-order valence-corrected chi connectivity index (χ2v) is 7.19. The predicted octanol–water partition coefficient (Wildman–Crippen LogP) is 3.00. The average Bonchev–Trinajstić information content (AvgIpc) is 2.47. The zero-order valence-corrected chi connectivity index (χ0v) is 14.3. The molecule has 4 heteroatoms. The normalized spacial score (nSPS) is 26.6. The molecule has 0 atom stereocenters. The lowest BCUT2D eigenvalue weighted by molar-refractivity contribution is -0.137. The highest BCUT2D eigenvalue weighted by atomic mass is 16.5. The van der Waals surface area contributed by atoms with Crippen LogP contribution in [0.4, 0.5) is 0 Å². The first-order valence-electron chi connectivity index (χ1n) is 8.51. The molecule has 0 spiro atoms. The standard InChI is InChI=1S/C17H34N2O2/c1-5-7-14-8-10-17(13-18,11-9-14)21-12-15(20)19-16(3,4)6-2/h14H,5-13,18H2,1-4H3,(H,19,20). The van der Waals surface area contributed by atoms with Gasteiger partial charge in [-0.1, -0.05) is 26.7 Å². The molecule has 1 rings (SSSR count). The van der Waals surface area contributed by atoms with E-state index < -0.39 is 0 Å². The highest BCUT2D eigenvalue weighted by molar-refractivity contribution is 5.78. The molecular weight excluding hydrogens is 264 g/mol. The Morgan fingerprint density at radius 1 is 1.33 bits per heavy atom. The molecule has 0 saturated heterocycles. The first-order valence-corrected chi connectivity index (χ1v) is 8.51. The van der Waals surface area contributed by atoms with E-state index >= 15 is 0 Å². The van der Waals surface area contributed by atoms with E-state index in [9.17, 15) is 4.79 Å². The second-order valence-electron chi connectivity index (χ2n) is 7.19. The fourth-order valence-electron chi connectivity index (χ4n) is 3.03. The van der Waals surface area contributed by atoms with Crippen LogP contribution in [0.1, 0.15) is 72.6 Å². The Morgan fingerprint density at radius 3 is 2.43 bits per heavy atom. The Balaban J connectivity index is 2.43. The Kier molecular flexibility index (Phi) is 7.14. The van der Waals surface area contributed by atoms with Crippen LogP contribution in [0.2, 0.25) is 0 Å². The average molecular weight is 298 g/mol. The van der Waals surface area contributed by atoms with E-state index in [0.717, 1.165) is 25.2 Å². The second kappa shape index (κ2) is 8.14. The van der Waals surface area contributed by atoms with Crippen molar-refractivity contribution < 1.29 is 9.53 Å². The number of hydrogen-bond donors (Lipinski definition) is 2. The fraction of sp³-hybridized carbons (Fsp3) is 0.941. The Morgan fingerprint density at radius 2 is 1.95 bits per heavy atom. The van der Waals surface area contributed by atoms with E-state index in [4.69, 9.17) is 10.5 Å². The molecule has 0 aliphatic heterocycles. The SMILES string of the molecule is CCCC1CCC(CN)(OCC(=O)NC(C)(C)CC)CC1. The summed E-state index contributed by atoms with van der Waals surface area (Å²) in [5, 5.41) is 3.01. The largest absolute Gasteiger partial charge is 0.364 e.